The molecule has 4 N–H and O–H groups in total. The number of imidazole rings is 1. The Labute approximate surface area is 207 Å². The number of ether oxygens (including phenoxy) is 1. The SMILES string of the molecule is CC.CNC=O.COCc1cccc(N2CCN(c3ccc4nc(C)cn4c3)CC2)c1F.N=CN. The molecule has 192 valence electrons. The van der Waals surface area contributed by atoms with E-state index < -0.39 is 0 Å². The molecule has 0 radical (unpaired) electrons. The number of hydrogen-bond donors (Lipinski definition) is 3. The minimum Gasteiger partial charge on any atom is -0.390 e. The summed E-state index contributed by atoms with van der Waals surface area (Å²) in [6.45, 7) is 9.57. The summed E-state index contributed by atoms with van der Waals surface area (Å²) in [5.41, 5.74) is 8.80. The number of nitrogens with one attached hydrogen (secondary N) is 2. The van der Waals surface area contributed by atoms with Crippen LogP contribution in [0.5, 0.6) is 0 Å². The molecular formula is C25H38FN7O2. The minimum atomic E-state index is -0.168. The number of hydrogen-bond acceptors (Lipinski definition) is 6. The van der Waals surface area contributed by atoms with E-state index in [1.165, 1.54) is 5.69 Å². The monoisotopic (exact) mass is 487 g/mol. The van der Waals surface area contributed by atoms with E-state index in [0.29, 0.717) is 24.3 Å². The number of pyridine rings is 1. The number of rotatable bonds is 5. The first-order valence-electron chi connectivity index (χ1n) is 11.5. The molecule has 10 heteroatoms. The molecule has 1 aromatic carbocycles. The summed E-state index contributed by atoms with van der Waals surface area (Å²) in [4.78, 5) is 18.0. The van der Waals surface area contributed by atoms with Gasteiger partial charge in [0.25, 0.3) is 0 Å². The molecule has 0 spiro atoms. The van der Waals surface area contributed by atoms with Crippen molar-refractivity contribution in [2.75, 3.05) is 50.1 Å². The number of aromatic nitrogens is 2. The van der Waals surface area contributed by atoms with Gasteiger partial charge in [-0.3, -0.25) is 10.2 Å². The third-order valence-corrected chi connectivity index (χ3v) is 5.02. The highest BCUT2D eigenvalue weighted by Gasteiger charge is 2.21. The quantitative estimate of drug-likeness (QED) is 0.290. The molecule has 1 aliphatic heterocycles. The number of aryl methyl sites for hydroxylation is 1. The van der Waals surface area contributed by atoms with Crippen molar-refractivity contribution >= 4 is 29.8 Å². The molecule has 0 saturated carbocycles. The maximum atomic E-state index is 14.7. The maximum Gasteiger partial charge on any atom is 0.206 e. The van der Waals surface area contributed by atoms with Crippen LogP contribution in [0.1, 0.15) is 25.1 Å². The Bertz CT molecular complexity index is 1030. The molecule has 0 aliphatic carbocycles. The van der Waals surface area contributed by atoms with Crippen molar-refractivity contribution in [2.24, 2.45) is 5.73 Å². The molecule has 1 amide bonds. The fraction of sp³-hybridized carbons (Fsp3) is 0.400. The summed E-state index contributed by atoms with van der Waals surface area (Å²) in [5, 5.41) is 8.11. The molecule has 1 aliphatic rings. The molecular weight excluding hydrogens is 449 g/mol. The predicted octanol–water partition coefficient (Wildman–Crippen LogP) is 3.20. The summed E-state index contributed by atoms with van der Waals surface area (Å²) in [5.74, 6) is -0.168. The van der Waals surface area contributed by atoms with E-state index >= 15 is 0 Å². The first-order valence-corrected chi connectivity index (χ1v) is 11.5. The van der Waals surface area contributed by atoms with Gasteiger partial charge in [0, 0.05) is 58.3 Å². The number of methoxy groups -OCH3 is 1. The van der Waals surface area contributed by atoms with Crippen LogP contribution in [0.4, 0.5) is 15.8 Å². The van der Waals surface area contributed by atoms with Gasteiger partial charge in [0.05, 0.1) is 30.0 Å². The van der Waals surface area contributed by atoms with Crippen LogP contribution in [-0.2, 0) is 16.1 Å². The third kappa shape index (κ3) is 8.56. The second kappa shape index (κ2) is 16.0. The van der Waals surface area contributed by atoms with Crippen LogP contribution in [0.2, 0.25) is 0 Å². The van der Waals surface area contributed by atoms with E-state index in [2.05, 4.69) is 42.5 Å². The molecule has 3 heterocycles. The number of halogens is 1. The normalized spacial score (nSPS) is 12.3. The molecule has 4 rings (SSSR count). The van der Waals surface area contributed by atoms with E-state index in [9.17, 15) is 4.39 Å². The number of nitrogens with zero attached hydrogens (tertiary/aromatic N) is 4. The van der Waals surface area contributed by atoms with Gasteiger partial charge in [0.2, 0.25) is 6.41 Å². The molecule has 35 heavy (non-hydrogen) atoms. The largest absolute Gasteiger partial charge is 0.390 e. The van der Waals surface area contributed by atoms with Gasteiger partial charge in [-0.05, 0) is 25.1 Å². The van der Waals surface area contributed by atoms with Gasteiger partial charge in [-0.25, -0.2) is 9.37 Å². The van der Waals surface area contributed by atoms with E-state index in [0.717, 1.165) is 43.9 Å². The van der Waals surface area contributed by atoms with Gasteiger partial charge in [-0.1, -0.05) is 26.0 Å². The fourth-order valence-electron chi connectivity index (χ4n) is 3.58. The second-order valence-corrected chi connectivity index (χ2v) is 7.27. The topological polar surface area (TPSA) is 112 Å². The van der Waals surface area contributed by atoms with Gasteiger partial charge in [-0.2, -0.15) is 0 Å². The number of anilines is 2. The number of piperazine rings is 1. The van der Waals surface area contributed by atoms with Crippen molar-refractivity contribution in [3.63, 3.8) is 0 Å². The number of amides is 1. The van der Waals surface area contributed by atoms with E-state index in [-0.39, 0.29) is 5.82 Å². The first kappa shape index (κ1) is 29.4. The fourth-order valence-corrected chi connectivity index (χ4v) is 3.58. The van der Waals surface area contributed by atoms with Gasteiger partial charge < -0.3 is 30.0 Å². The maximum absolute atomic E-state index is 14.7. The highest BCUT2D eigenvalue weighted by molar-refractivity contribution is 5.56. The lowest BCUT2D eigenvalue weighted by atomic mass is 10.1. The summed E-state index contributed by atoms with van der Waals surface area (Å²) < 4.78 is 21.8. The van der Waals surface area contributed by atoms with Gasteiger partial charge >= 0.3 is 0 Å². The lowest BCUT2D eigenvalue weighted by Gasteiger charge is -2.37. The molecule has 3 aromatic rings. The van der Waals surface area contributed by atoms with Crippen molar-refractivity contribution in [1.82, 2.24) is 14.7 Å². The molecule has 9 nitrogen and oxygen atoms in total. The van der Waals surface area contributed by atoms with Crippen molar-refractivity contribution in [3.05, 3.63) is 59.8 Å². The summed E-state index contributed by atoms with van der Waals surface area (Å²) >= 11 is 0. The van der Waals surface area contributed by atoms with E-state index in [1.54, 1.807) is 20.2 Å². The zero-order chi connectivity index (χ0) is 26.2. The molecule has 0 bridgehead atoms. The van der Waals surface area contributed by atoms with Crippen LogP contribution in [0, 0.1) is 18.2 Å². The average molecular weight is 488 g/mol. The Morgan fingerprint density at radius 2 is 1.74 bits per heavy atom. The lowest BCUT2D eigenvalue weighted by molar-refractivity contribution is -0.109. The van der Waals surface area contributed by atoms with Gasteiger partial charge in [0.1, 0.15) is 5.65 Å². The van der Waals surface area contributed by atoms with E-state index in [4.69, 9.17) is 14.9 Å². The van der Waals surface area contributed by atoms with Crippen LogP contribution >= 0.6 is 0 Å². The Balaban J connectivity index is 0.000000597. The molecule has 2 aromatic heterocycles. The van der Waals surface area contributed by atoms with Crippen LogP contribution in [-0.4, -0.2) is 62.5 Å². The molecule has 0 unspecified atom stereocenters. The smallest absolute Gasteiger partial charge is 0.206 e. The predicted molar refractivity (Wildman–Crippen MR) is 141 cm³/mol. The zero-order valence-electron chi connectivity index (χ0n) is 21.3. The highest BCUT2D eigenvalue weighted by Crippen LogP contribution is 2.25. The standard InChI is InChI=1S/C20H23FN4O.C2H5NO.C2H6.CH4N2/c1-15-12-25-13-17(6-7-19(25)22-15)23-8-10-24(11-9-23)18-5-3-4-16(14-26-2)20(18)21;1-3-2-4;1-2;2-1-3/h3-7,12-13H,8-11,14H2,1-2H3;2H,1H3,(H,3,4);1-2H3;1H,(H3,2,3). The van der Waals surface area contributed by atoms with Crippen molar-refractivity contribution in [1.29, 1.82) is 5.41 Å². The van der Waals surface area contributed by atoms with E-state index in [1.807, 2.05) is 45.2 Å². The van der Waals surface area contributed by atoms with Gasteiger partial charge in [0.15, 0.2) is 5.82 Å². The second-order valence-electron chi connectivity index (χ2n) is 7.27. The number of benzene rings is 1. The van der Waals surface area contributed by atoms with Crippen LogP contribution < -0.4 is 20.9 Å². The molecule has 1 fully saturated rings. The van der Waals surface area contributed by atoms with Crippen molar-refractivity contribution in [3.8, 4) is 0 Å². The summed E-state index contributed by atoms with van der Waals surface area (Å²) in [6.07, 6.45) is 5.52. The average Bonchev–Trinajstić information content (AvgIpc) is 3.27. The number of nitrogens with two attached hydrogens (primary N) is 1. The van der Waals surface area contributed by atoms with Crippen LogP contribution in [0.25, 0.3) is 5.65 Å². The molecule has 1 saturated heterocycles. The highest BCUT2D eigenvalue weighted by atomic mass is 19.1. The Morgan fingerprint density at radius 3 is 2.31 bits per heavy atom. The third-order valence-electron chi connectivity index (χ3n) is 5.02. The number of fused-ring (bicyclic) bond motifs is 1. The molecule has 0 atom stereocenters. The first-order chi connectivity index (χ1) is 17.0. The lowest BCUT2D eigenvalue weighted by Crippen LogP contribution is -2.47. The minimum absolute atomic E-state index is 0.168. The zero-order valence-corrected chi connectivity index (χ0v) is 21.3. The number of carbonyl (C=O) groups is 1. The Morgan fingerprint density at radius 1 is 1.14 bits per heavy atom. The van der Waals surface area contributed by atoms with Crippen molar-refractivity contribution < 1.29 is 13.9 Å². The summed E-state index contributed by atoms with van der Waals surface area (Å²) in [6, 6.07) is 9.68. The Hall–Kier alpha value is -3.66. The van der Waals surface area contributed by atoms with Gasteiger partial charge in [-0.15, -0.1) is 0 Å². The van der Waals surface area contributed by atoms with Crippen LogP contribution in [0.3, 0.4) is 0 Å². The van der Waals surface area contributed by atoms with Crippen LogP contribution in [0.15, 0.2) is 42.7 Å². The summed E-state index contributed by atoms with van der Waals surface area (Å²) in [7, 11) is 3.15. The number of carbonyl (C=O) groups excluding carboxylic acids is 1. The Kier molecular flexibility index (Phi) is 13.5. The van der Waals surface area contributed by atoms with Crippen molar-refractivity contribution in [2.45, 2.75) is 27.4 Å².